The summed E-state index contributed by atoms with van der Waals surface area (Å²) in [6, 6.07) is 2.08. The van der Waals surface area contributed by atoms with Gasteiger partial charge in [-0.15, -0.1) is 0 Å². The topological polar surface area (TPSA) is 82.3 Å². The number of aromatic nitrogens is 2. The van der Waals surface area contributed by atoms with E-state index in [1.54, 1.807) is 0 Å². The monoisotopic (exact) mass is 352 g/mol. The second kappa shape index (κ2) is 8.02. The molecule has 0 aromatic carbocycles. The first-order valence-electron chi connectivity index (χ1n) is 8.67. The highest BCUT2D eigenvalue weighted by atomic mass is 19.3. The van der Waals surface area contributed by atoms with E-state index in [-0.39, 0.29) is 6.10 Å². The van der Waals surface area contributed by atoms with Crippen LogP contribution in [0.25, 0.3) is 0 Å². The van der Waals surface area contributed by atoms with E-state index in [0.717, 1.165) is 25.7 Å². The molecule has 1 saturated heterocycles. The number of hydrogen-bond acceptors (Lipinski definition) is 6. The number of aliphatic hydroxyl groups is 1. The van der Waals surface area contributed by atoms with Crippen LogP contribution in [0, 0.1) is 17.2 Å². The Labute approximate surface area is 145 Å². The Balaban J connectivity index is 1.69. The predicted octanol–water partition coefficient (Wildman–Crippen LogP) is 2.26. The van der Waals surface area contributed by atoms with Crippen molar-refractivity contribution in [3.8, 4) is 6.07 Å². The summed E-state index contributed by atoms with van der Waals surface area (Å²) in [4.78, 5) is 10.6. The molecule has 1 aliphatic heterocycles. The molecule has 0 amide bonds. The molecule has 1 aromatic rings. The van der Waals surface area contributed by atoms with Crippen LogP contribution in [0.2, 0.25) is 0 Å². The number of aliphatic hydroxyl groups excluding tert-OH is 1. The highest BCUT2D eigenvalue weighted by Gasteiger charge is 2.29. The van der Waals surface area contributed by atoms with E-state index >= 15 is 0 Å². The average Bonchev–Trinajstić information content (AvgIpc) is 3.04. The van der Waals surface area contributed by atoms with Crippen molar-refractivity contribution in [3.63, 3.8) is 0 Å². The maximum Gasteiger partial charge on any atom is 0.345 e. The van der Waals surface area contributed by atoms with Crippen molar-refractivity contribution in [3.05, 3.63) is 17.6 Å². The highest BCUT2D eigenvalue weighted by Crippen LogP contribution is 2.28. The van der Waals surface area contributed by atoms with Crippen LogP contribution in [0.1, 0.15) is 43.5 Å². The lowest BCUT2D eigenvalue weighted by Crippen LogP contribution is -2.26. The zero-order chi connectivity index (χ0) is 17.8. The Kier molecular flexibility index (Phi) is 5.76. The lowest BCUT2D eigenvalue weighted by atomic mass is 9.85. The van der Waals surface area contributed by atoms with Gasteiger partial charge in [0.1, 0.15) is 23.3 Å². The van der Waals surface area contributed by atoms with Gasteiger partial charge < -0.3 is 14.7 Å². The van der Waals surface area contributed by atoms with Gasteiger partial charge in [-0.1, -0.05) is 0 Å². The second-order valence-electron chi connectivity index (χ2n) is 6.77. The Hall–Kier alpha value is -1.85. The smallest absolute Gasteiger partial charge is 0.345 e. The lowest BCUT2D eigenvalue weighted by Gasteiger charge is -2.25. The van der Waals surface area contributed by atoms with Crippen molar-refractivity contribution in [2.24, 2.45) is 5.92 Å². The number of nitrogens with zero attached hydrogens (tertiary/aromatic N) is 4. The van der Waals surface area contributed by atoms with E-state index in [1.165, 1.54) is 6.20 Å². The molecule has 25 heavy (non-hydrogen) atoms. The van der Waals surface area contributed by atoms with Crippen molar-refractivity contribution >= 4 is 5.82 Å². The molecule has 0 radical (unpaired) electrons. The fraction of sp³-hybridized carbons (Fsp3) is 0.706. The largest absolute Gasteiger partial charge is 0.393 e. The van der Waals surface area contributed by atoms with E-state index < -0.39 is 12.7 Å². The van der Waals surface area contributed by atoms with Crippen LogP contribution in [0.4, 0.5) is 14.6 Å². The summed E-state index contributed by atoms with van der Waals surface area (Å²) in [5.41, 5.74) is 0.348. The fourth-order valence-corrected chi connectivity index (χ4v) is 3.61. The molecule has 1 unspecified atom stereocenters. The van der Waals surface area contributed by atoms with Gasteiger partial charge in [0.25, 0.3) is 0 Å². The van der Waals surface area contributed by atoms with Crippen molar-refractivity contribution in [1.29, 1.82) is 5.26 Å². The van der Waals surface area contributed by atoms with Crippen molar-refractivity contribution < 1.29 is 18.6 Å². The van der Waals surface area contributed by atoms with Crippen molar-refractivity contribution in [1.82, 2.24) is 9.97 Å². The zero-order valence-electron chi connectivity index (χ0n) is 13.9. The van der Waals surface area contributed by atoms with Crippen LogP contribution in [0.15, 0.2) is 6.20 Å². The van der Waals surface area contributed by atoms with Gasteiger partial charge >= 0.3 is 6.61 Å². The average molecular weight is 352 g/mol. The van der Waals surface area contributed by atoms with E-state index in [1.807, 2.05) is 4.90 Å². The summed E-state index contributed by atoms with van der Waals surface area (Å²) in [7, 11) is 0. The van der Waals surface area contributed by atoms with E-state index in [2.05, 4.69) is 20.8 Å². The third-order valence-electron chi connectivity index (χ3n) is 4.97. The van der Waals surface area contributed by atoms with Gasteiger partial charge in [-0.2, -0.15) is 14.0 Å². The SMILES string of the molecule is N#Cc1cnc(CC2CCC(O)CC2)nc1N1CCC(OC(F)F)C1. The van der Waals surface area contributed by atoms with Gasteiger partial charge in [0.05, 0.1) is 18.4 Å². The number of alkyl halides is 2. The Morgan fingerprint density at radius 3 is 2.76 bits per heavy atom. The van der Waals surface area contributed by atoms with Crippen LogP contribution in [-0.2, 0) is 11.2 Å². The van der Waals surface area contributed by atoms with Crippen LogP contribution in [0.3, 0.4) is 0 Å². The molecule has 136 valence electrons. The molecule has 2 heterocycles. The summed E-state index contributed by atoms with van der Waals surface area (Å²) in [5, 5.41) is 18.9. The number of hydrogen-bond donors (Lipinski definition) is 1. The molecule has 6 nitrogen and oxygen atoms in total. The number of nitriles is 1. The minimum absolute atomic E-state index is 0.204. The molecule has 2 fully saturated rings. The number of ether oxygens (including phenoxy) is 1. The highest BCUT2D eigenvalue weighted by molar-refractivity contribution is 5.53. The third-order valence-corrected chi connectivity index (χ3v) is 4.97. The molecule has 0 spiro atoms. The molecule has 1 aromatic heterocycles. The molecule has 1 aliphatic carbocycles. The first-order valence-corrected chi connectivity index (χ1v) is 8.67. The quantitative estimate of drug-likeness (QED) is 0.875. The third kappa shape index (κ3) is 4.61. The van der Waals surface area contributed by atoms with Crippen LogP contribution in [0.5, 0.6) is 0 Å². The molecule has 1 saturated carbocycles. The number of anilines is 1. The molecule has 8 heteroatoms. The first-order chi connectivity index (χ1) is 12.0. The van der Waals surface area contributed by atoms with Gasteiger partial charge in [-0.25, -0.2) is 9.97 Å². The van der Waals surface area contributed by atoms with Gasteiger partial charge in [0.15, 0.2) is 0 Å². The lowest BCUT2D eigenvalue weighted by molar-refractivity contribution is -0.156. The van der Waals surface area contributed by atoms with Gasteiger partial charge in [0, 0.05) is 19.5 Å². The molecule has 1 N–H and O–H groups in total. The minimum atomic E-state index is -2.79. The van der Waals surface area contributed by atoms with Crippen molar-refractivity contribution in [2.75, 3.05) is 18.0 Å². The summed E-state index contributed by atoms with van der Waals surface area (Å²) in [6.45, 7) is -1.97. The molecule has 2 aliphatic rings. The molecule has 1 atom stereocenters. The van der Waals surface area contributed by atoms with E-state index in [4.69, 9.17) is 0 Å². The second-order valence-corrected chi connectivity index (χ2v) is 6.77. The maximum atomic E-state index is 12.4. The summed E-state index contributed by atoms with van der Waals surface area (Å²) >= 11 is 0. The van der Waals surface area contributed by atoms with Gasteiger partial charge in [0.2, 0.25) is 0 Å². The first kappa shape index (κ1) is 18.0. The zero-order valence-corrected chi connectivity index (χ0v) is 13.9. The molecular formula is C17H22F2N4O2. The van der Waals surface area contributed by atoms with E-state index in [9.17, 15) is 19.1 Å². The maximum absolute atomic E-state index is 12.4. The normalized spacial score (nSPS) is 26.8. The van der Waals surface area contributed by atoms with Gasteiger partial charge in [-0.3, -0.25) is 0 Å². The molecule has 0 bridgehead atoms. The van der Waals surface area contributed by atoms with Gasteiger partial charge in [-0.05, 0) is 38.0 Å². The molecular weight excluding hydrogens is 330 g/mol. The van der Waals surface area contributed by atoms with Crippen LogP contribution in [-0.4, -0.2) is 47.0 Å². The Morgan fingerprint density at radius 2 is 2.08 bits per heavy atom. The van der Waals surface area contributed by atoms with Crippen LogP contribution < -0.4 is 4.90 Å². The molecule has 3 rings (SSSR count). The van der Waals surface area contributed by atoms with E-state index in [0.29, 0.717) is 49.1 Å². The summed E-state index contributed by atoms with van der Waals surface area (Å²) in [5.74, 6) is 1.59. The number of rotatable bonds is 5. The predicted molar refractivity (Wildman–Crippen MR) is 86.1 cm³/mol. The van der Waals surface area contributed by atoms with Crippen LogP contribution >= 0.6 is 0 Å². The van der Waals surface area contributed by atoms with Crippen molar-refractivity contribution in [2.45, 2.75) is 57.3 Å². The Morgan fingerprint density at radius 1 is 1.32 bits per heavy atom. The standard InChI is InChI=1S/C17H22F2N4O2/c18-17(19)25-14-5-6-23(10-14)16-12(8-20)9-21-15(22-16)7-11-1-3-13(24)4-2-11/h9,11,13-14,17,24H,1-7,10H2. The summed E-state index contributed by atoms with van der Waals surface area (Å²) < 4.78 is 29.3. The number of halogens is 2. The minimum Gasteiger partial charge on any atom is -0.393 e. The Bertz CT molecular complexity index is 630. The fourth-order valence-electron chi connectivity index (χ4n) is 3.61. The summed E-state index contributed by atoms with van der Waals surface area (Å²) in [6.07, 6.45) is 5.41.